The number of hydrogen-bond donors (Lipinski definition) is 0. The van der Waals surface area contributed by atoms with Gasteiger partial charge in [-0.25, -0.2) is 13.6 Å². The van der Waals surface area contributed by atoms with Crippen molar-refractivity contribution in [3.8, 4) is 0 Å². The molecule has 0 N–H and O–H groups in total. The van der Waals surface area contributed by atoms with E-state index < -0.39 is 41.2 Å². The molecule has 6 heteroatoms. The number of esters is 1. The summed E-state index contributed by atoms with van der Waals surface area (Å²) in [5.74, 6) is -5.75. The van der Waals surface area contributed by atoms with E-state index in [1.807, 2.05) is 0 Å². The van der Waals surface area contributed by atoms with Crippen molar-refractivity contribution in [2.45, 2.75) is 13.3 Å². The van der Waals surface area contributed by atoms with Gasteiger partial charge in [0.05, 0.1) is 18.6 Å². The highest BCUT2D eigenvalue weighted by molar-refractivity contribution is 6.38. The summed E-state index contributed by atoms with van der Waals surface area (Å²) < 4.78 is 30.5. The molecule has 0 heterocycles. The maximum atomic E-state index is 13.2. The predicted octanol–water partition coefficient (Wildman–Crippen LogP) is 1.67. The van der Waals surface area contributed by atoms with Gasteiger partial charge in [-0.05, 0) is 19.1 Å². The molecule has 1 aromatic rings. The Labute approximate surface area is 102 Å². The lowest BCUT2D eigenvalue weighted by atomic mass is 10.1. The molecule has 0 aromatic heterocycles. The summed E-state index contributed by atoms with van der Waals surface area (Å²) in [6.45, 7) is 1.49. The molecule has 96 valence electrons. The minimum atomic E-state index is -1.33. The van der Waals surface area contributed by atoms with Crippen molar-refractivity contribution in [1.82, 2.24) is 0 Å². The molecule has 4 nitrogen and oxygen atoms in total. The molecular formula is C12H10F2O4. The van der Waals surface area contributed by atoms with Crippen LogP contribution < -0.4 is 0 Å². The van der Waals surface area contributed by atoms with E-state index in [9.17, 15) is 23.2 Å². The first-order valence-corrected chi connectivity index (χ1v) is 5.14. The normalized spacial score (nSPS) is 9.94. The maximum absolute atomic E-state index is 13.2. The second kappa shape index (κ2) is 6.00. The minimum absolute atomic E-state index is 0.00686. The number of hydrogen-bond acceptors (Lipinski definition) is 4. The Morgan fingerprint density at radius 2 is 1.89 bits per heavy atom. The molecule has 0 amide bonds. The van der Waals surface area contributed by atoms with Crippen molar-refractivity contribution in [2.75, 3.05) is 6.61 Å². The fraction of sp³-hybridized carbons (Fsp3) is 0.250. The van der Waals surface area contributed by atoms with Gasteiger partial charge in [0.1, 0.15) is 0 Å². The van der Waals surface area contributed by atoms with Crippen molar-refractivity contribution >= 4 is 17.5 Å². The smallest absolute Gasteiger partial charge is 0.375 e. The summed E-state index contributed by atoms with van der Waals surface area (Å²) in [5.41, 5.74) is -0.562. The van der Waals surface area contributed by atoms with E-state index >= 15 is 0 Å². The van der Waals surface area contributed by atoms with E-state index in [0.29, 0.717) is 0 Å². The van der Waals surface area contributed by atoms with E-state index in [4.69, 9.17) is 0 Å². The van der Waals surface area contributed by atoms with Crippen LogP contribution in [0.4, 0.5) is 8.78 Å². The molecule has 1 aromatic carbocycles. The highest BCUT2D eigenvalue weighted by atomic mass is 19.2. The van der Waals surface area contributed by atoms with Crippen molar-refractivity contribution in [3.05, 3.63) is 35.4 Å². The quantitative estimate of drug-likeness (QED) is 0.348. The van der Waals surface area contributed by atoms with Crippen LogP contribution in [0.15, 0.2) is 18.2 Å². The third kappa shape index (κ3) is 3.19. The summed E-state index contributed by atoms with van der Waals surface area (Å²) in [6, 6.07) is 3.03. The lowest BCUT2D eigenvalue weighted by Crippen LogP contribution is -2.21. The highest BCUT2D eigenvalue weighted by Gasteiger charge is 2.22. The molecule has 0 aliphatic heterocycles. The van der Waals surface area contributed by atoms with E-state index in [1.54, 1.807) is 0 Å². The van der Waals surface area contributed by atoms with Crippen molar-refractivity contribution in [2.24, 2.45) is 0 Å². The van der Waals surface area contributed by atoms with Gasteiger partial charge in [-0.3, -0.25) is 9.59 Å². The number of halogens is 2. The lowest BCUT2D eigenvalue weighted by molar-refractivity contribution is -0.153. The standard InChI is InChI=1S/C12H10F2O4/c1-2-18-12(17)10(16)6-9(15)7-4-3-5-8(13)11(7)14/h3-5H,2,6H2,1H3. The topological polar surface area (TPSA) is 60.4 Å². The number of benzene rings is 1. The monoisotopic (exact) mass is 256 g/mol. The second-order valence-electron chi connectivity index (χ2n) is 3.34. The van der Waals surface area contributed by atoms with Crippen molar-refractivity contribution in [1.29, 1.82) is 0 Å². The third-order valence-corrected chi connectivity index (χ3v) is 2.08. The van der Waals surface area contributed by atoms with Crippen LogP contribution in [0.5, 0.6) is 0 Å². The van der Waals surface area contributed by atoms with E-state index in [0.717, 1.165) is 18.2 Å². The Balaban J connectivity index is 2.80. The van der Waals surface area contributed by atoms with Crippen LogP contribution in [-0.4, -0.2) is 24.1 Å². The number of ketones is 2. The van der Waals surface area contributed by atoms with Crippen molar-refractivity contribution in [3.63, 3.8) is 0 Å². The van der Waals surface area contributed by atoms with Crippen LogP contribution in [0, 0.1) is 11.6 Å². The Morgan fingerprint density at radius 3 is 2.50 bits per heavy atom. The minimum Gasteiger partial charge on any atom is -0.460 e. The van der Waals surface area contributed by atoms with E-state index in [2.05, 4.69) is 4.74 Å². The van der Waals surface area contributed by atoms with E-state index in [1.165, 1.54) is 6.92 Å². The van der Waals surface area contributed by atoms with Crippen LogP contribution in [-0.2, 0) is 14.3 Å². The summed E-state index contributed by atoms with van der Waals surface area (Å²) in [7, 11) is 0. The molecule has 0 unspecified atom stereocenters. The van der Waals surface area contributed by atoms with Gasteiger partial charge in [-0.1, -0.05) is 6.07 Å². The number of carbonyl (C=O) groups excluding carboxylic acids is 3. The Hall–Kier alpha value is -2.11. The maximum Gasteiger partial charge on any atom is 0.375 e. The first kappa shape index (κ1) is 14.0. The lowest BCUT2D eigenvalue weighted by Gasteiger charge is -2.03. The zero-order chi connectivity index (χ0) is 13.7. The summed E-state index contributed by atoms with van der Waals surface area (Å²) >= 11 is 0. The first-order chi connectivity index (χ1) is 8.47. The van der Waals surface area contributed by atoms with Gasteiger partial charge < -0.3 is 4.74 Å². The second-order valence-corrected chi connectivity index (χ2v) is 3.34. The van der Waals surface area contributed by atoms with E-state index in [-0.39, 0.29) is 6.61 Å². The molecule has 1 rings (SSSR count). The molecule has 0 aliphatic rings. The Kier molecular flexibility index (Phi) is 4.65. The van der Waals surface area contributed by atoms with Gasteiger partial charge in [0.25, 0.3) is 0 Å². The van der Waals surface area contributed by atoms with Crippen molar-refractivity contribution < 1.29 is 27.9 Å². The number of ether oxygens (including phenoxy) is 1. The number of carbonyl (C=O) groups is 3. The molecule has 0 fully saturated rings. The van der Waals surface area contributed by atoms with Crippen LogP contribution >= 0.6 is 0 Å². The van der Waals surface area contributed by atoms with Gasteiger partial charge in [-0.15, -0.1) is 0 Å². The molecule has 0 spiro atoms. The third-order valence-electron chi connectivity index (χ3n) is 2.08. The van der Waals surface area contributed by atoms with Gasteiger partial charge in [0.15, 0.2) is 17.4 Å². The molecule has 18 heavy (non-hydrogen) atoms. The SMILES string of the molecule is CCOC(=O)C(=O)CC(=O)c1cccc(F)c1F. The largest absolute Gasteiger partial charge is 0.460 e. The summed E-state index contributed by atoms with van der Waals surface area (Å²) in [4.78, 5) is 33.7. The first-order valence-electron chi connectivity index (χ1n) is 5.14. The van der Waals surface area contributed by atoms with Gasteiger partial charge in [-0.2, -0.15) is 0 Å². The van der Waals surface area contributed by atoms with Crippen LogP contribution in [0.2, 0.25) is 0 Å². The summed E-state index contributed by atoms with van der Waals surface area (Å²) in [6.07, 6.45) is -0.848. The molecule has 0 saturated heterocycles. The molecule has 0 bridgehead atoms. The molecule has 0 radical (unpaired) electrons. The van der Waals surface area contributed by atoms with Crippen LogP contribution in [0.25, 0.3) is 0 Å². The van der Waals surface area contributed by atoms with Gasteiger partial charge >= 0.3 is 5.97 Å². The van der Waals surface area contributed by atoms with Crippen LogP contribution in [0.1, 0.15) is 23.7 Å². The van der Waals surface area contributed by atoms with Gasteiger partial charge in [0, 0.05) is 0 Å². The molecule has 0 saturated carbocycles. The molecule has 0 aliphatic carbocycles. The van der Waals surface area contributed by atoms with Crippen LogP contribution in [0.3, 0.4) is 0 Å². The Morgan fingerprint density at radius 1 is 1.22 bits per heavy atom. The Bertz CT molecular complexity index is 497. The molecule has 0 atom stereocenters. The predicted molar refractivity (Wildman–Crippen MR) is 56.9 cm³/mol. The zero-order valence-corrected chi connectivity index (χ0v) is 9.54. The fourth-order valence-corrected chi connectivity index (χ4v) is 1.24. The zero-order valence-electron chi connectivity index (χ0n) is 9.54. The fourth-order valence-electron chi connectivity index (χ4n) is 1.24. The number of Topliss-reactive ketones (excluding diaryl/α,β-unsaturated/α-hetero) is 2. The highest BCUT2D eigenvalue weighted by Crippen LogP contribution is 2.13. The average molecular weight is 256 g/mol. The average Bonchev–Trinajstić information content (AvgIpc) is 2.32. The summed E-state index contributed by atoms with van der Waals surface area (Å²) in [5, 5.41) is 0. The number of rotatable bonds is 5. The van der Waals surface area contributed by atoms with Gasteiger partial charge in [0.2, 0.25) is 5.78 Å². The molecular weight excluding hydrogens is 246 g/mol.